The molecule has 0 aromatic carbocycles. The zero-order valence-electron chi connectivity index (χ0n) is 7.56. The first-order valence-corrected chi connectivity index (χ1v) is 4.88. The maximum Gasteiger partial charge on any atom is -0.0386 e. The average Bonchev–Trinajstić information content (AvgIpc) is 2.86. The molecule has 2 saturated carbocycles. The van der Waals surface area contributed by atoms with E-state index in [1.54, 1.807) is 0 Å². The fourth-order valence-corrected chi connectivity index (χ4v) is 1.63. The van der Waals surface area contributed by atoms with Crippen LogP contribution in [0.2, 0.25) is 0 Å². The van der Waals surface area contributed by atoms with Crippen molar-refractivity contribution in [1.29, 1.82) is 0 Å². The smallest absolute Gasteiger partial charge is 0.0386 e. The molecule has 0 heterocycles. The van der Waals surface area contributed by atoms with Crippen molar-refractivity contribution >= 4 is 0 Å². The summed E-state index contributed by atoms with van der Waals surface area (Å²) in [4.78, 5) is 0. The van der Waals surface area contributed by atoms with E-state index in [4.69, 9.17) is 0 Å². The fraction of sp³-hybridized carbons (Fsp3) is 1.00. The second-order valence-electron chi connectivity index (χ2n) is 3.53. The van der Waals surface area contributed by atoms with Crippen LogP contribution in [0, 0.1) is 17.8 Å². The molecule has 2 aliphatic rings. The minimum absolute atomic E-state index is 1.09. The average molecular weight is 140 g/mol. The molecule has 0 spiro atoms. The van der Waals surface area contributed by atoms with Crippen LogP contribution in [0.4, 0.5) is 0 Å². The molecular formula is C10H20. The third kappa shape index (κ3) is 2.00. The van der Waals surface area contributed by atoms with Crippen LogP contribution in [0.25, 0.3) is 0 Å². The van der Waals surface area contributed by atoms with Gasteiger partial charge in [0.15, 0.2) is 0 Å². The summed E-state index contributed by atoms with van der Waals surface area (Å²) in [5, 5.41) is 0. The van der Waals surface area contributed by atoms with Crippen molar-refractivity contribution in [3.8, 4) is 0 Å². The topological polar surface area (TPSA) is 0 Å². The van der Waals surface area contributed by atoms with E-state index in [1.807, 2.05) is 13.8 Å². The van der Waals surface area contributed by atoms with E-state index in [-0.39, 0.29) is 0 Å². The minimum Gasteiger partial charge on any atom is -0.0683 e. The van der Waals surface area contributed by atoms with Gasteiger partial charge in [0.25, 0.3) is 0 Å². The Bertz CT molecular complexity index is 76.2. The minimum atomic E-state index is 1.09. The van der Waals surface area contributed by atoms with E-state index in [0.29, 0.717) is 0 Å². The highest BCUT2D eigenvalue weighted by atomic mass is 14.4. The van der Waals surface area contributed by atoms with Crippen LogP contribution in [0.1, 0.15) is 46.5 Å². The number of hydrogen-bond donors (Lipinski definition) is 0. The molecule has 0 aliphatic heterocycles. The van der Waals surface area contributed by atoms with Crippen LogP contribution in [0.5, 0.6) is 0 Å². The van der Waals surface area contributed by atoms with E-state index in [2.05, 4.69) is 6.92 Å². The molecular weight excluding hydrogens is 120 g/mol. The van der Waals surface area contributed by atoms with Crippen LogP contribution in [0.3, 0.4) is 0 Å². The van der Waals surface area contributed by atoms with E-state index in [9.17, 15) is 0 Å². The maximum absolute atomic E-state index is 2.44. The van der Waals surface area contributed by atoms with Crippen molar-refractivity contribution < 1.29 is 0 Å². The lowest BCUT2D eigenvalue weighted by Crippen LogP contribution is -1.97. The first-order chi connectivity index (χ1) is 4.88. The molecule has 0 nitrogen and oxygen atoms in total. The molecule has 0 N–H and O–H groups in total. The Kier molecular flexibility index (Phi) is 2.76. The lowest BCUT2D eigenvalue weighted by atomic mass is 10.0. The summed E-state index contributed by atoms with van der Waals surface area (Å²) in [5.74, 6) is 3.40. The predicted octanol–water partition coefficient (Wildman–Crippen LogP) is 3.47. The van der Waals surface area contributed by atoms with Gasteiger partial charge in [-0.05, 0) is 43.4 Å². The van der Waals surface area contributed by atoms with Gasteiger partial charge in [-0.15, -0.1) is 0 Å². The highest BCUT2D eigenvalue weighted by Crippen LogP contribution is 2.48. The zero-order valence-corrected chi connectivity index (χ0v) is 7.56. The Labute approximate surface area is 65.0 Å². The maximum atomic E-state index is 2.44. The van der Waals surface area contributed by atoms with E-state index in [1.165, 1.54) is 25.7 Å². The predicted molar refractivity (Wildman–Crippen MR) is 46.0 cm³/mol. The van der Waals surface area contributed by atoms with Crippen molar-refractivity contribution in [3.63, 3.8) is 0 Å². The van der Waals surface area contributed by atoms with Gasteiger partial charge in [0, 0.05) is 0 Å². The molecule has 2 aliphatic carbocycles. The zero-order chi connectivity index (χ0) is 7.56. The molecule has 0 saturated heterocycles. The van der Waals surface area contributed by atoms with E-state index >= 15 is 0 Å². The van der Waals surface area contributed by atoms with Crippen molar-refractivity contribution in [2.45, 2.75) is 46.5 Å². The standard InChI is InChI=1S/C8H14.C2H6/c1-6(7-2-3-7)8-4-5-8;1-2/h6-8H,2-5H2,1H3;1-2H3. The van der Waals surface area contributed by atoms with Crippen LogP contribution >= 0.6 is 0 Å². The number of hydrogen-bond acceptors (Lipinski definition) is 0. The van der Waals surface area contributed by atoms with Crippen LogP contribution in [0.15, 0.2) is 0 Å². The van der Waals surface area contributed by atoms with Gasteiger partial charge in [0.1, 0.15) is 0 Å². The monoisotopic (exact) mass is 140 g/mol. The van der Waals surface area contributed by atoms with Crippen molar-refractivity contribution in [1.82, 2.24) is 0 Å². The quantitative estimate of drug-likeness (QED) is 0.551. The first kappa shape index (κ1) is 8.10. The summed E-state index contributed by atoms with van der Waals surface area (Å²) < 4.78 is 0. The third-order valence-electron chi connectivity index (χ3n) is 2.73. The summed E-state index contributed by atoms with van der Waals surface area (Å²) in [5.41, 5.74) is 0. The number of rotatable bonds is 2. The summed E-state index contributed by atoms with van der Waals surface area (Å²) in [6.45, 7) is 6.44. The molecule has 0 unspecified atom stereocenters. The first-order valence-electron chi connectivity index (χ1n) is 4.88. The Hall–Kier alpha value is 0. The van der Waals surface area contributed by atoms with Crippen LogP contribution in [-0.4, -0.2) is 0 Å². The van der Waals surface area contributed by atoms with Gasteiger partial charge in [0.2, 0.25) is 0 Å². The molecule has 0 aromatic heterocycles. The SMILES string of the molecule is CC.CC(C1CC1)C1CC1. The van der Waals surface area contributed by atoms with Crippen molar-refractivity contribution in [2.75, 3.05) is 0 Å². The van der Waals surface area contributed by atoms with Gasteiger partial charge < -0.3 is 0 Å². The summed E-state index contributed by atoms with van der Waals surface area (Å²) in [6, 6.07) is 0. The van der Waals surface area contributed by atoms with Gasteiger partial charge in [0.05, 0.1) is 0 Å². The van der Waals surface area contributed by atoms with Crippen LogP contribution in [-0.2, 0) is 0 Å². The van der Waals surface area contributed by atoms with Gasteiger partial charge >= 0.3 is 0 Å². The molecule has 0 atom stereocenters. The van der Waals surface area contributed by atoms with Gasteiger partial charge in [-0.25, -0.2) is 0 Å². The second-order valence-corrected chi connectivity index (χ2v) is 3.53. The molecule has 2 rings (SSSR count). The van der Waals surface area contributed by atoms with Crippen molar-refractivity contribution in [2.24, 2.45) is 17.8 Å². The Balaban J connectivity index is 0.000000231. The molecule has 0 aromatic rings. The lowest BCUT2D eigenvalue weighted by molar-refractivity contribution is 0.447. The molecule has 0 heteroatoms. The molecule has 2 fully saturated rings. The summed E-state index contributed by atoms with van der Waals surface area (Å²) in [7, 11) is 0. The summed E-state index contributed by atoms with van der Waals surface area (Å²) >= 11 is 0. The van der Waals surface area contributed by atoms with E-state index < -0.39 is 0 Å². The molecule has 0 radical (unpaired) electrons. The summed E-state index contributed by atoms with van der Waals surface area (Å²) in [6.07, 6.45) is 6.16. The van der Waals surface area contributed by atoms with Gasteiger partial charge in [-0.1, -0.05) is 20.8 Å². The Morgan fingerprint density at radius 1 is 0.900 bits per heavy atom. The normalized spacial score (nSPS) is 24.0. The van der Waals surface area contributed by atoms with Gasteiger partial charge in [-0.2, -0.15) is 0 Å². The molecule has 0 bridgehead atoms. The highest BCUT2D eigenvalue weighted by Gasteiger charge is 2.37. The largest absolute Gasteiger partial charge is 0.0683 e. The third-order valence-corrected chi connectivity index (χ3v) is 2.73. The van der Waals surface area contributed by atoms with Crippen LogP contribution < -0.4 is 0 Å². The Morgan fingerprint density at radius 3 is 1.40 bits per heavy atom. The van der Waals surface area contributed by atoms with E-state index in [0.717, 1.165) is 17.8 Å². The molecule has 10 heavy (non-hydrogen) atoms. The molecule has 60 valence electrons. The van der Waals surface area contributed by atoms with Gasteiger partial charge in [-0.3, -0.25) is 0 Å². The fourth-order valence-electron chi connectivity index (χ4n) is 1.63. The van der Waals surface area contributed by atoms with Crippen molar-refractivity contribution in [3.05, 3.63) is 0 Å². The molecule has 0 amide bonds. The second kappa shape index (κ2) is 3.41. The lowest BCUT2D eigenvalue weighted by Gasteiger charge is -2.04. The highest BCUT2D eigenvalue weighted by molar-refractivity contribution is 4.88. The Morgan fingerprint density at radius 2 is 1.20 bits per heavy atom.